The van der Waals surface area contributed by atoms with Gasteiger partial charge >= 0.3 is 0 Å². The Balaban J connectivity index is 1.93. The molecule has 4 atom stereocenters. The van der Waals surface area contributed by atoms with Crippen LogP contribution in [0.25, 0.3) is 0 Å². The third kappa shape index (κ3) is 2.45. The van der Waals surface area contributed by atoms with Gasteiger partial charge in [0, 0.05) is 19.0 Å². The molecule has 0 aromatic heterocycles. The molecule has 0 aromatic rings. The van der Waals surface area contributed by atoms with E-state index in [9.17, 15) is 4.79 Å². The molecule has 2 aliphatic rings. The molecule has 4 heteroatoms. The van der Waals surface area contributed by atoms with Crippen LogP contribution in [0.5, 0.6) is 0 Å². The summed E-state index contributed by atoms with van der Waals surface area (Å²) in [6.07, 6.45) is 1.17. The summed E-state index contributed by atoms with van der Waals surface area (Å²) in [7, 11) is 0. The first-order valence-corrected chi connectivity index (χ1v) is 6.15. The Morgan fingerprint density at radius 2 is 2.13 bits per heavy atom. The van der Waals surface area contributed by atoms with Crippen LogP contribution >= 0.6 is 11.6 Å². The Morgan fingerprint density at radius 1 is 1.47 bits per heavy atom. The molecule has 1 aliphatic carbocycles. The number of nitrogens with zero attached hydrogens (tertiary/aromatic N) is 1. The Labute approximate surface area is 95.7 Å². The van der Waals surface area contributed by atoms with Gasteiger partial charge in [0.1, 0.15) is 0 Å². The predicted molar refractivity (Wildman–Crippen MR) is 58.9 cm³/mol. The zero-order valence-electron chi connectivity index (χ0n) is 9.28. The van der Waals surface area contributed by atoms with E-state index in [0.717, 1.165) is 13.0 Å². The Morgan fingerprint density at radius 3 is 2.67 bits per heavy atom. The van der Waals surface area contributed by atoms with Gasteiger partial charge < -0.3 is 9.64 Å². The van der Waals surface area contributed by atoms with Crippen molar-refractivity contribution in [1.29, 1.82) is 0 Å². The predicted octanol–water partition coefficient (Wildman–Crippen LogP) is 1.50. The summed E-state index contributed by atoms with van der Waals surface area (Å²) in [6, 6.07) is 0. The Bertz CT molecular complexity index is 259. The number of halogens is 1. The van der Waals surface area contributed by atoms with E-state index in [2.05, 4.69) is 6.92 Å². The molecule has 3 nitrogen and oxygen atoms in total. The molecule has 1 saturated carbocycles. The van der Waals surface area contributed by atoms with E-state index >= 15 is 0 Å². The summed E-state index contributed by atoms with van der Waals surface area (Å²) in [4.78, 5) is 13.9. The summed E-state index contributed by atoms with van der Waals surface area (Å²) in [5, 5.41) is 0. The number of ether oxygens (including phenoxy) is 1. The maximum atomic E-state index is 12.0. The number of hydrogen-bond donors (Lipinski definition) is 0. The molecule has 0 spiro atoms. The zero-order valence-corrected chi connectivity index (χ0v) is 10.0. The van der Waals surface area contributed by atoms with E-state index in [0.29, 0.717) is 24.2 Å². The quantitative estimate of drug-likeness (QED) is 0.674. The average molecular weight is 232 g/mol. The van der Waals surface area contributed by atoms with E-state index in [1.165, 1.54) is 0 Å². The van der Waals surface area contributed by atoms with Crippen molar-refractivity contribution in [1.82, 2.24) is 4.90 Å². The maximum absolute atomic E-state index is 12.0. The molecule has 15 heavy (non-hydrogen) atoms. The van der Waals surface area contributed by atoms with Crippen molar-refractivity contribution in [3.05, 3.63) is 0 Å². The maximum Gasteiger partial charge on any atom is 0.226 e. The van der Waals surface area contributed by atoms with Gasteiger partial charge in [-0.3, -0.25) is 4.79 Å². The second-order valence-electron chi connectivity index (χ2n) is 4.79. The minimum atomic E-state index is 0.00780. The van der Waals surface area contributed by atoms with Crippen molar-refractivity contribution in [2.75, 3.05) is 19.0 Å². The molecule has 0 N–H and O–H groups in total. The number of morpholine rings is 1. The fraction of sp³-hybridized carbons (Fsp3) is 0.909. The highest BCUT2D eigenvalue weighted by molar-refractivity contribution is 6.18. The first-order valence-electron chi connectivity index (χ1n) is 5.62. The Kier molecular flexibility index (Phi) is 3.21. The minimum Gasteiger partial charge on any atom is -0.370 e. The van der Waals surface area contributed by atoms with Crippen LogP contribution in [-0.4, -0.2) is 42.0 Å². The van der Waals surface area contributed by atoms with Crippen LogP contribution in [-0.2, 0) is 9.53 Å². The lowest BCUT2D eigenvalue weighted by Gasteiger charge is -2.36. The van der Waals surface area contributed by atoms with E-state index in [1.54, 1.807) is 0 Å². The van der Waals surface area contributed by atoms with Gasteiger partial charge in [0.2, 0.25) is 5.91 Å². The summed E-state index contributed by atoms with van der Waals surface area (Å²) in [6.45, 7) is 5.51. The van der Waals surface area contributed by atoms with E-state index in [4.69, 9.17) is 16.3 Å². The number of carbonyl (C=O) groups excluding carboxylic acids is 1. The molecule has 1 heterocycles. The van der Waals surface area contributed by atoms with Gasteiger partial charge in [-0.2, -0.15) is 0 Å². The van der Waals surface area contributed by atoms with Crippen molar-refractivity contribution in [2.24, 2.45) is 11.8 Å². The number of carbonyl (C=O) groups is 1. The van der Waals surface area contributed by atoms with Crippen LogP contribution in [0, 0.1) is 11.8 Å². The number of rotatable bonds is 2. The lowest BCUT2D eigenvalue weighted by Crippen LogP contribution is -2.50. The van der Waals surface area contributed by atoms with Crippen LogP contribution in [0.3, 0.4) is 0 Å². The van der Waals surface area contributed by atoms with Crippen molar-refractivity contribution >= 4 is 17.5 Å². The topological polar surface area (TPSA) is 29.5 Å². The van der Waals surface area contributed by atoms with Gasteiger partial charge in [-0.1, -0.05) is 6.92 Å². The normalized spacial score (nSPS) is 40.3. The molecular weight excluding hydrogens is 214 g/mol. The molecule has 2 fully saturated rings. The minimum absolute atomic E-state index is 0.00780. The van der Waals surface area contributed by atoms with Crippen LogP contribution in [0.2, 0.25) is 0 Å². The molecule has 1 saturated heterocycles. The molecule has 0 bridgehead atoms. The SMILES string of the molecule is CC1CN(C(=O)C2CC2C)CC(CCl)O1. The third-order valence-corrected chi connectivity index (χ3v) is 3.58. The second kappa shape index (κ2) is 4.30. The van der Waals surface area contributed by atoms with Crippen LogP contribution in [0.4, 0.5) is 0 Å². The molecule has 4 unspecified atom stereocenters. The van der Waals surface area contributed by atoms with E-state index in [-0.39, 0.29) is 18.1 Å². The Hall–Kier alpha value is -0.280. The van der Waals surface area contributed by atoms with Gasteiger partial charge in [0.05, 0.1) is 18.1 Å². The number of amides is 1. The second-order valence-corrected chi connectivity index (χ2v) is 5.09. The molecule has 0 radical (unpaired) electrons. The van der Waals surface area contributed by atoms with Crippen LogP contribution in [0.1, 0.15) is 20.3 Å². The van der Waals surface area contributed by atoms with Gasteiger partial charge in [0.15, 0.2) is 0 Å². The zero-order chi connectivity index (χ0) is 11.0. The van der Waals surface area contributed by atoms with Crippen LogP contribution in [0.15, 0.2) is 0 Å². The fourth-order valence-electron chi connectivity index (χ4n) is 2.21. The van der Waals surface area contributed by atoms with E-state index < -0.39 is 0 Å². The van der Waals surface area contributed by atoms with Gasteiger partial charge in [-0.05, 0) is 19.3 Å². The monoisotopic (exact) mass is 231 g/mol. The van der Waals surface area contributed by atoms with E-state index in [1.807, 2.05) is 11.8 Å². The van der Waals surface area contributed by atoms with Gasteiger partial charge in [-0.15, -0.1) is 11.6 Å². The standard InChI is InChI=1S/C11H18ClNO2/c1-7-3-10(7)11(14)13-5-8(2)15-9(4-12)6-13/h7-10H,3-6H2,1-2H3. The summed E-state index contributed by atoms with van der Waals surface area (Å²) in [5.41, 5.74) is 0. The van der Waals surface area contributed by atoms with Crippen molar-refractivity contribution in [3.63, 3.8) is 0 Å². The lowest BCUT2D eigenvalue weighted by atomic mass is 10.2. The fourth-order valence-corrected chi connectivity index (χ4v) is 2.38. The molecule has 1 aliphatic heterocycles. The summed E-state index contributed by atoms with van der Waals surface area (Å²) in [5.74, 6) is 1.61. The number of hydrogen-bond acceptors (Lipinski definition) is 2. The molecule has 0 aromatic carbocycles. The van der Waals surface area contributed by atoms with Gasteiger partial charge in [-0.25, -0.2) is 0 Å². The van der Waals surface area contributed by atoms with Crippen molar-refractivity contribution in [2.45, 2.75) is 32.5 Å². The highest BCUT2D eigenvalue weighted by Crippen LogP contribution is 2.39. The summed E-state index contributed by atoms with van der Waals surface area (Å²) < 4.78 is 5.62. The van der Waals surface area contributed by atoms with Crippen LogP contribution < -0.4 is 0 Å². The molecular formula is C11H18ClNO2. The highest BCUT2D eigenvalue weighted by Gasteiger charge is 2.43. The third-order valence-electron chi connectivity index (χ3n) is 3.24. The smallest absolute Gasteiger partial charge is 0.226 e. The first kappa shape index (κ1) is 11.2. The molecule has 86 valence electrons. The van der Waals surface area contributed by atoms with Gasteiger partial charge in [0.25, 0.3) is 0 Å². The largest absolute Gasteiger partial charge is 0.370 e. The average Bonchev–Trinajstić information content (AvgIpc) is 2.93. The number of alkyl halides is 1. The first-order chi connectivity index (χ1) is 7.11. The van der Waals surface area contributed by atoms with Crippen molar-refractivity contribution in [3.8, 4) is 0 Å². The lowest BCUT2D eigenvalue weighted by molar-refractivity contribution is -0.144. The highest BCUT2D eigenvalue weighted by atomic mass is 35.5. The summed E-state index contributed by atoms with van der Waals surface area (Å²) >= 11 is 5.78. The molecule has 2 rings (SSSR count). The molecule has 1 amide bonds. The van der Waals surface area contributed by atoms with Crippen molar-refractivity contribution < 1.29 is 9.53 Å².